The highest BCUT2D eigenvalue weighted by Gasteiger charge is 2.47. The summed E-state index contributed by atoms with van der Waals surface area (Å²) in [4.78, 5) is 2.40. The Balaban J connectivity index is 0.849. The minimum absolute atomic E-state index is 0.441. The third kappa shape index (κ3) is 7.04. The summed E-state index contributed by atoms with van der Waals surface area (Å²) >= 11 is 0. The van der Waals surface area contributed by atoms with Gasteiger partial charge >= 0.3 is 0 Å². The Morgan fingerprint density at radius 1 is 0.244 bits per heavy atom. The lowest BCUT2D eigenvalue weighted by atomic mass is 9.67. The number of nitrogens with zero attached hydrogens (tertiary/aromatic N) is 1. The maximum absolute atomic E-state index is 5.74. The number of hydrogen-bond acceptors (Lipinski definition) is 2. The van der Waals surface area contributed by atoms with Crippen LogP contribution in [0.2, 0.25) is 0 Å². The second-order valence-electron chi connectivity index (χ2n) is 20.7. The van der Waals surface area contributed by atoms with E-state index in [9.17, 15) is 0 Å². The first-order valence-corrected chi connectivity index (χ1v) is 27.0. The second-order valence-corrected chi connectivity index (χ2v) is 20.7. The van der Waals surface area contributed by atoms with Crippen molar-refractivity contribution in [1.29, 1.82) is 0 Å². The van der Waals surface area contributed by atoms with Crippen molar-refractivity contribution in [2.75, 3.05) is 4.90 Å². The van der Waals surface area contributed by atoms with Crippen LogP contribution < -0.4 is 4.90 Å². The first-order valence-electron chi connectivity index (χ1n) is 27.0. The molecule has 2 aliphatic rings. The lowest BCUT2D eigenvalue weighted by molar-refractivity contribution is 0.616. The largest absolute Gasteiger partial charge is 0.464 e. The molecule has 78 heavy (non-hydrogen) atoms. The van der Waals surface area contributed by atoms with Crippen molar-refractivity contribution in [1.82, 2.24) is 0 Å². The Hall–Kier alpha value is -10.0. The highest BCUT2D eigenvalue weighted by Crippen LogP contribution is 2.58. The van der Waals surface area contributed by atoms with E-state index >= 15 is 0 Å². The van der Waals surface area contributed by atoms with Crippen LogP contribution >= 0.6 is 0 Å². The third-order valence-corrected chi connectivity index (χ3v) is 16.7. The highest BCUT2D eigenvalue weighted by molar-refractivity contribution is 5.92. The molecule has 1 heterocycles. The molecule has 1 aromatic heterocycles. The number of anilines is 3. The van der Waals surface area contributed by atoms with E-state index in [2.05, 4.69) is 302 Å². The molecule has 366 valence electrons. The fourth-order valence-corrected chi connectivity index (χ4v) is 13.3. The molecule has 0 saturated heterocycles. The van der Waals surface area contributed by atoms with Gasteiger partial charge in [0.05, 0.1) is 17.1 Å². The van der Waals surface area contributed by atoms with Gasteiger partial charge in [0, 0.05) is 22.4 Å². The third-order valence-electron chi connectivity index (χ3n) is 16.7. The normalized spacial score (nSPS) is 13.3. The number of rotatable bonds is 10. The van der Waals surface area contributed by atoms with Crippen molar-refractivity contribution in [3.8, 4) is 55.6 Å². The van der Waals surface area contributed by atoms with E-state index < -0.39 is 10.8 Å². The first-order chi connectivity index (χ1) is 38.7. The van der Waals surface area contributed by atoms with Crippen LogP contribution in [0.1, 0.15) is 44.5 Å². The van der Waals surface area contributed by atoms with Crippen LogP contribution in [0.15, 0.2) is 314 Å². The Labute approximate surface area is 455 Å². The van der Waals surface area contributed by atoms with Crippen LogP contribution in [-0.2, 0) is 10.8 Å². The van der Waals surface area contributed by atoms with Crippen LogP contribution in [0.5, 0.6) is 0 Å². The zero-order chi connectivity index (χ0) is 51.6. The van der Waals surface area contributed by atoms with Crippen molar-refractivity contribution in [3.63, 3.8) is 0 Å². The maximum Gasteiger partial charge on any atom is 0.133 e. The van der Waals surface area contributed by atoms with Crippen LogP contribution in [0.3, 0.4) is 0 Å². The molecule has 0 unspecified atom stereocenters. The molecule has 0 radical (unpaired) electrons. The van der Waals surface area contributed by atoms with E-state index in [1.54, 1.807) is 6.26 Å². The quantitative estimate of drug-likeness (QED) is 0.136. The van der Waals surface area contributed by atoms with Gasteiger partial charge in [-0.1, -0.05) is 237 Å². The predicted octanol–water partition coefficient (Wildman–Crippen LogP) is 19.6. The topological polar surface area (TPSA) is 16.4 Å². The van der Waals surface area contributed by atoms with Crippen molar-refractivity contribution >= 4 is 28.0 Å². The molecule has 0 aliphatic heterocycles. The second kappa shape index (κ2) is 18.4. The summed E-state index contributed by atoms with van der Waals surface area (Å²) in [7, 11) is 0. The van der Waals surface area contributed by atoms with Gasteiger partial charge in [0.2, 0.25) is 0 Å². The van der Waals surface area contributed by atoms with Crippen molar-refractivity contribution in [2.45, 2.75) is 10.8 Å². The van der Waals surface area contributed by atoms with E-state index in [1.807, 2.05) is 6.07 Å². The summed E-state index contributed by atoms with van der Waals surface area (Å²) in [5.41, 5.74) is 25.5. The zero-order valence-electron chi connectivity index (χ0n) is 42.8. The Morgan fingerprint density at radius 2 is 0.628 bits per heavy atom. The molecule has 0 fully saturated rings. The molecule has 0 bridgehead atoms. The van der Waals surface area contributed by atoms with Gasteiger partial charge < -0.3 is 9.32 Å². The molecule has 0 atom stereocenters. The van der Waals surface area contributed by atoms with Crippen molar-refractivity contribution < 1.29 is 4.42 Å². The summed E-state index contributed by atoms with van der Waals surface area (Å²) in [6.07, 6.45) is 1.76. The standard InChI is InChI=1S/C76H51NO/c1-5-21-59(22-6-1)75(60-23-7-2-8-24-60)70-33-15-13-31-66(70)68-50-56(37-42-72(68)75)52-35-40-63(41-36-52)77(64-29-17-19-53(48-64)55-39-44-74-58(47-55)45-46-78-74)65-30-18-20-54(49-65)57-38-43-73-69(51-57)67-32-14-16-34-71(67)76(73,61-25-9-3-10-26-61)62-27-11-4-12-28-62/h1-51H. The van der Waals surface area contributed by atoms with Gasteiger partial charge in [0.15, 0.2) is 0 Å². The molecular weight excluding hydrogens is 943 g/mol. The summed E-state index contributed by atoms with van der Waals surface area (Å²) in [5.74, 6) is 0. The molecule has 12 aromatic carbocycles. The summed E-state index contributed by atoms with van der Waals surface area (Å²) < 4.78 is 5.74. The zero-order valence-corrected chi connectivity index (χ0v) is 42.8. The van der Waals surface area contributed by atoms with Crippen molar-refractivity contribution in [3.05, 3.63) is 354 Å². The smallest absolute Gasteiger partial charge is 0.133 e. The minimum Gasteiger partial charge on any atom is -0.464 e. The van der Waals surface area contributed by atoms with Gasteiger partial charge in [-0.05, 0) is 167 Å². The predicted molar refractivity (Wildman–Crippen MR) is 322 cm³/mol. The Morgan fingerprint density at radius 3 is 1.12 bits per heavy atom. The molecular formula is C76H51NO. The molecule has 0 N–H and O–H groups in total. The summed E-state index contributed by atoms with van der Waals surface area (Å²) in [5, 5.41) is 1.08. The van der Waals surface area contributed by atoms with E-state index in [0.29, 0.717) is 0 Å². The first kappa shape index (κ1) is 45.4. The van der Waals surface area contributed by atoms with Crippen molar-refractivity contribution in [2.24, 2.45) is 0 Å². The van der Waals surface area contributed by atoms with Crippen LogP contribution in [0, 0.1) is 0 Å². The number of fused-ring (bicyclic) bond motifs is 7. The molecule has 2 heteroatoms. The van der Waals surface area contributed by atoms with E-state index in [4.69, 9.17) is 4.42 Å². The monoisotopic (exact) mass is 993 g/mol. The van der Waals surface area contributed by atoms with Crippen LogP contribution in [0.25, 0.3) is 66.6 Å². The maximum atomic E-state index is 5.74. The Kier molecular flexibility index (Phi) is 10.7. The van der Waals surface area contributed by atoms with Gasteiger partial charge in [-0.25, -0.2) is 0 Å². The fourth-order valence-electron chi connectivity index (χ4n) is 13.3. The average molecular weight is 994 g/mol. The fraction of sp³-hybridized carbons (Fsp3) is 0.0263. The van der Waals surface area contributed by atoms with Gasteiger partial charge in [-0.3, -0.25) is 0 Å². The van der Waals surface area contributed by atoms with Gasteiger partial charge in [-0.2, -0.15) is 0 Å². The molecule has 13 aromatic rings. The van der Waals surface area contributed by atoms with Gasteiger partial charge in [0.1, 0.15) is 5.58 Å². The lowest BCUT2D eigenvalue weighted by Crippen LogP contribution is -2.28. The number of benzene rings is 12. The van der Waals surface area contributed by atoms with E-state index in [-0.39, 0.29) is 0 Å². The Bertz CT molecular complexity index is 4290. The SMILES string of the molecule is c1ccc(C2(c3ccccc3)c3ccccc3-c3cc(-c4ccc(N(c5cccc(-c6ccc7c(c6)-c6ccccc6C7(c6ccccc6)c6ccccc6)c5)c5cccc(-c6ccc7occc7c6)c5)cc4)ccc32)cc1. The van der Waals surface area contributed by atoms with Crippen LogP contribution in [-0.4, -0.2) is 0 Å². The molecule has 2 aliphatic carbocycles. The molecule has 2 nitrogen and oxygen atoms in total. The number of hydrogen-bond donors (Lipinski definition) is 0. The van der Waals surface area contributed by atoms with Gasteiger partial charge in [-0.15, -0.1) is 0 Å². The van der Waals surface area contributed by atoms with Crippen LogP contribution in [0.4, 0.5) is 17.1 Å². The molecule has 15 rings (SSSR count). The highest BCUT2D eigenvalue weighted by atomic mass is 16.3. The summed E-state index contributed by atoms with van der Waals surface area (Å²) in [6, 6.07) is 112. The number of furan rings is 1. The lowest BCUT2D eigenvalue weighted by Gasteiger charge is -2.33. The van der Waals surface area contributed by atoms with E-state index in [1.165, 1.54) is 77.9 Å². The average Bonchev–Trinajstić information content (AvgIpc) is 4.36. The van der Waals surface area contributed by atoms with Gasteiger partial charge in [0.25, 0.3) is 0 Å². The summed E-state index contributed by atoms with van der Waals surface area (Å²) in [6.45, 7) is 0. The minimum atomic E-state index is -0.454. The molecule has 0 amide bonds. The van der Waals surface area contributed by atoms with E-state index in [0.717, 1.165) is 50.3 Å². The molecule has 0 spiro atoms. The molecule has 0 saturated carbocycles.